The lowest BCUT2D eigenvalue weighted by atomic mass is 9.98. The van der Waals surface area contributed by atoms with E-state index in [-0.39, 0.29) is 6.17 Å². The molecule has 5 heteroatoms. The maximum absolute atomic E-state index is 5.02. The molecule has 2 aliphatic heterocycles. The molecule has 5 nitrogen and oxygen atoms in total. The van der Waals surface area contributed by atoms with Gasteiger partial charge in [-0.15, -0.1) is 0 Å². The van der Waals surface area contributed by atoms with Gasteiger partial charge in [0.1, 0.15) is 11.7 Å². The molecule has 0 saturated carbocycles. The molecule has 0 aromatic heterocycles. The van der Waals surface area contributed by atoms with Crippen molar-refractivity contribution in [1.82, 2.24) is 10.7 Å². The van der Waals surface area contributed by atoms with E-state index >= 15 is 0 Å². The standard InChI is InChI=1S/C32H23N5/c1-3-7-23(8-4-1)29-33-30(24-9-5-2-6-10-24)35-31(34-29)27-18-14-22-13-17-26(19-28(22)20-27)21-11-15-25(16-12-21)32-36-37-32/h1-20,29H,(H,36,37)(H,33,34,35). The molecule has 1 unspecified atom stereocenters. The number of hydrazone groups is 1. The van der Waals surface area contributed by atoms with Crippen LogP contribution in [0.4, 0.5) is 0 Å². The Morgan fingerprint density at radius 1 is 0.459 bits per heavy atom. The first-order valence-corrected chi connectivity index (χ1v) is 12.3. The van der Waals surface area contributed by atoms with Crippen LogP contribution in [0, 0.1) is 0 Å². The zero-order valence-corrected chi connectivity index (χ0v) is 20.0. The number of rotatable bonds is 5. The van der Waals surface area contributed by atoms with Crippen molar-refractivity contribution in [1.29, 1.82) is 0 Å². The highest BCUT2D eigenvalue weighted by Gasteiger charge is 2.20. The van der Waals surface area contributed by atoms with Crippen LogP contribution in [0.5, 0.6) is 0 Å². The number of benzene rings is 5. The Hall–Kier alpha value is -5.03. The Morgan fingerprint density at radius 3 is 1.70 bits per heavy atom. The monoisotopic (exact) mass is 477 g/mol. The van der Waals surface area contributed by atoms with Crippen LogP contribution in [0.25, 0.3) is 21.9 Å². The summed E-state index contributed by atoms with van der Waals surface area (Å²) in [6, 6.07) is 42.0. The number of nitrogens with zero attached hydrogens (tertiary/aromatic N) is 3. The molecule has 7 rings (SSSR count). The second kappa shape index (κ2) is 8.88. The van der Waals surface area contributed by atoms with Gasteiger partial charge < -0.3 is 5.32 Å². The fraction of sp³-hybridized carbons (Fsp3) is 0.0312. The minimum Gasteiger partial charge on any atom is -0.324 e. The molecule has 5 aromatic rings. The van der Waals surface area contributed by atoms with Gasteiger partial charge in [-0.2, -0.15) is 5.10 Å². The van der Waals surface area contributed by atoms with Gasteiger partial charge in [-0.05, 0) is 39.6 Å². The molecule has 5 aromatic carbocycles. The fourth-order valence-electron chi connectivity index (χ4n) is 4.67. The number of aliphatic imine (C=N–C) groups is 2. The number of hydrogen-bond acceptors (Lipinski definition) is 5. The molecular weight excluding hydrogens is 454 g/mol. The molecule has 37 heavy (non-hydrogen) atoms. The minimum atomic E-state index is -0.307. The van der Waals surface area contributed by atoms with E-state index in [1.54, 1.807) is 0 Å². The van der Waals surface area contributed by atoms with Gasteiger partial charge in [-0.1, -0.05) is 109 Å². The number of amidine groups is 3. The predicted octanol–water partition coefficient (Wildman–Crippen LogP) is 6.27. The lowest BCUT2D eigenvalue weighted by Crippen LogP contribution is -2.36. The Labute approximate surface area is 214 Å². The van der Waals surface area contributed by atoms with Crippen LogP contribution in [-0.4, -0.2) is 17.5 Å². The quantitative estimate of drug-likeness (QED) is 0.313. The highest BCUT2D eigenvalue weighted by atomic mass is 15.5. The summed E-state index contributed by atoms with van der Waals surface area (Å²) in [5, 5.41) is 9.92. The molecule has 0 aliphatic carbocycles. The average molecular weight is 478 g/mol. The van der Waals surface area contributed by atoms with Crippen LogP contribution in [0.1, 0.15) is 28.4 Å². The maximum Gasteiger partial charge on any atom is 0.173 e. The molecule has 0 amide bonds. The van der Waals surface area contributed by atoms with Crippen molar-refractivity contribution in [3.05, 3.63) is 144 Å². The van der Waals surface area contributed by atoms with Crippen molar-refractivity contribution in [2.24, 2.45) is 15.1 Å². The summed E-state index contributed by atoms with van der Waals surface area (Å²) in [4.78, 5) is 9.96. The Kier molecular flexibility index (Phi) is 5.10. The van der Waals surface area contributed by atoms with E-state index in [0.29, 0.717) is 0 Å². The topological polar surface area (TPSA) is 71.0 Å². The van der Waals surface area contributed by atoms with E-state index in [2.05, 4.69) is 101 Å². The molecule has 0 saturated heterocycles. The van der Waals surface area contributed by atoms with Gasteiger partial charge in [0.05, 0.1) is 0 Å². The van der Waals surface area contributed by atoms with E-state index in [1.807, 2.05) is 36.4 Å². The highest BCUT2D eigenvalue weighted by molar-refractivity contribution is 6.16. The number of nitrogens with one attached hydrogen (secondary N) is 2. The van der Waals surface area contributed by atoms with Gasteiger partial charge in [-0.3, -0.25) is 5.43 Å². The van der Waals surface area contributed by atoms with Crippen LogP contribution in [0.2, 0.25) is 0 Å². The van der Waals surface area contributed by atoms with Gasteiger partial charge in [-0.25, -0.2) is 9.98 Å². The molecule has 0 spiro atoms. The van der Waals surface area contributed by atoms with Crippen LogP contribution in [0.15, 0.2) is 136 Å². The SMILES string of the molecule is c1ccc(C2=NC(c3ccccc3)N=C(c3ccc4ccc(-c5ccc(C6=NN6)cc5)cc4c3)N2)cc1. The summed E-state index contributed by atoms with van der Waals surface area (Å²) in [5.41, 5.74) is 9.50. The zero-order chi connectivity index (χ0) is 24.6. The van der Waals surface area contributed by atoms with Crippen LogP contribution >= 0.6 is 0 Å². The zero-order valence-electron chi connectivity index (χ0n) is 20.0. The summed E-state index contributed by atoms with van der Waals surface area (Å²) in [5.74, 6) is 2.59. The summed E-state index contributed by atoms with van der Waals surface area (Å²) in [6.45, 7) is 0. The summed E-state index contributed by atoms with van der Waals surface area (Å²) >= 11 is 0. The van der Waals surface area contributed by atoms with Gasteiger partial charge >= 0.3 is 0 Å². The molecular formula is C32H23N5. The molecule has 0 fully saturated rings. The first-order chi connectivity index (χ1) is 18.3. The van der Waals surface area contributed by atoms with Gasteiger partial charge in [0, 0.05) is 16.7 Å². The lowest BCUT2D eigenvalue weighted by molar-refractivity contribution is 0.756. The van der Waals surface area contributed by atoms with E-state index < -0.39 is 0 Å². The van der Waals surface area contributed by atoms with E-state index in [9.17, 15) is 0 Å². The summed E-state index contributed by atoms with van der Waals surface area (Å²) in [7, 11) is 0. The number of hydrogen-bond donors (Lipinski definition) is 2. The molecule has 0 bridgehead atoms. The van der Waals surface area contributed by atoms with Crippen molar-refractivity contribution in [3.8, 4) is 11.1 Å². The van der Waals surface area contributed by atoms with Crippen LogP contribution in [-0.2, 0) is 0 Å². The fourth-order valence-corrected chi connectivity index (χ4v) is 4.67. The average Bonchev–Trinajstić information content (AvgIpc) is 3.83. The molecule has 2 N–H and O–H groups in total. The Bertz CT molecular complexity index is 1700. The van der Waals surface area contributed by atoms with Crippen molar-refractivity contribution in [2.75, 3.05) is 0 Å². The highest BCUT2D eigenvalue weighted by Crippen LogP contribution is 2.28. The Morgan fingerprint density at radius 2 is 1.00 bits per heavy atom. The van der Waals surface area contributed by atoms with Crippen molar-refractivity contribution in [3.63, 3.8) is 0 Å². The van der Waals surface area contributed by atoms with Crippen molar-refractivity contribution >= 4 is 28.3 Å². The second-order valence-corrected chi connectivity index (χ2v) is 9.16. The normalized spacial score (nSPS) is 16.2. The summed E-state index contributed by atoms with van der Waals surface area (Å²) < 4.78 is 0. The van der Waals surface area contributed by atoms with E-state index in [1.165, 1.54) is 16.5 Å². The van der Waals surface area contributed by atoms with Crippen molar-refractivity contribution < 1.29 is 0 Å². The van der Waals surface area contributed by atoms with Crippen LogP contribution < -0.4 is 10.7 Å². The third-order valence-corrected chi connectivity index (χ3v) is 6.71. The third kappa shape index (κ3) is 4.28. The first kappa shape index (κ1) is 21.3. The second-order valence-electron chi connectivity index (χ2n) is 9.16. The molecule has 176 valence electrons. The molecule has 2 heterocycles. The van der Waals surface area contributed by atoms with Gasteiger partial charge in [0.15, 0.2) is 12.0 Å². The largest absolute Gasteiger partial charge is 0.324 e. The van der Waals surface area contributed by atoms with Crippen LogP contribution in [0.3, 0.4) is 0 Å². The first-order valence-electron chi connectivity index (χ1n) is 12.3. The summed E-state index contributed by atoms with van der Waals surface area (Å²) in [6.07, 6.45) is -0.307. The minimum absolute atomic E-state index is 0.307. The Balaban J connectivity index is 1.27. The van der Waals surface area contributed by atoms with Gasteiger partial charge in [0.25, 0.3) is 0 Å². The maximum atomic E-state index is 5.02. The third-order valence-electron chi connectivity index (χ3n) is 6.71. The lowest BCUT2D eigenvalue weighted by Gasteiger charge is -2.22. The number of fused-ring (bicyclic) bond motifs is 1. The van der Waals surface area contributed by atoms with E-state index in [4.69, 9.17) is 9.98 Å². The molecule has 1 atom stereocenters. The predicted molar refractivity (Wildman–Crippen MR) is 151 cm³/mol. The van der Waals surface area contributed by atoms with Gasteiger partial charge in [0.2, 0.25) is 0 Å². The molecule has 0 radical (unpaired) electrons. The van der Waals surface area contributed by atoms with E-state index in [0.717, 1.165) is 45.1 Å². The molecule has 2 aliphatic rings. The van der Waals surface area contributed by atoms with Crippen molar-refractivity contribution in [2.45, 2.75) is 6.17 Å². The smallest absolute Gasteiger partial charge is 0.173 e.